The van der Waals surface area contributed by atoms with E-state index in [1.807, 2.05) is 0 Å². The molecular formula is C12H19BrN4O2S. The molecule has 6 nitrogen and oxygen atoms in total. The van der Waals surface area contributed by atoms with Gasteiger partial charge in [0.05, 0.1) is 10.2 Å². The molecule has 1 aromatic heterocycles. The Morgan fingerprint density at radius 1 is 1.25 bits per heavy atom. The number of sulfonamides is 1. The summed E-state index contributed by atoms with van der Waals surface area (Å²) in [5.41, 5.74) is 6.06. The molecule has 0 unspecified atom stereocenters. The van der Waals surface area contributed by atoms with Crippen LogP contribution in [0.5, 0.6) is 0 Å². The van der Waals surface area contributed by atoms with Crippen LogP contribution in [0.3, 0.4) is 0 Å². The third-order valence-electron chi connectivity index (χ3n) is 3.52. The quantitative estimate of drug-likeness (QED) is 0.871. The van der Waals surface area contributed by atoms with Crippen molar-refractivity contribution < 1.29 is 8.42 Å². The Hall–Kier alpha value is -0.700. The van der Waals surface area contributed by atoms with Gasteiger partial charge in [0.1, 0.15) is 4.90 Å². The fourth-order valence-corrected chi connectivity index (χ4v) is 4.20. The predicted octanol–water partition coefficient (Wildman–Crippen LogP) is 1.14. The number of rotatable bonds is 3. The van der Waals surface area contributed by atoms with E-state index < -0.39 is 10.0 Å². The maximum absolute atomic E-state index is 12.6. The van der Waals surface area contributed by atoms with E-state index in [1.165, 1.54) is 16.7 Å². The Kier molecular flexibility index (Phi) is 4.68. The lowest BCUT2D eigenvalue weighted by Crippen LogP contribution is -2.50. The number of hydrogen-bond donors (Lipinski definition) is 1. The SMILES string of the molecule is CC(C)N1CCN(S(=O)(=O)c2cncc(Br)c2N)CC1. The van der Waals surface area contributed by atoms with E-state index in [0.29, 0.717) is 23.6 Å². The van der Waals surface area contributed by atoms with Crippen LogP contribution < -0.4 is 5.73 Å². The molecular weight excluding hydrogens is 344 g/mol. The molecule has 1 saturated heterocycles. The first-order valence-corrected chi connectivity index (χ1v) is 8.70. The van der Waals surface area contributed by atoms with E-state index in [0.717, 1.165) is 13.1 Å². The molecule has 1 aliphatic rings. The third kappa shape index (κ3) is 2.98. The Morgan fingerprint density at radius 2 is 1.85 bits per heavy atom. The summed E-state index contributed by atoms with van der Waals surface area (Å²) in [6, 6.07) is 0.428. The fourth-order valence-electron chi connectivity index (χ4n) is 2.23. The monoisotopic (exact) mass is 362 g/mol. The molecule has 20 heavy (non-hydrogen) atoms. The number of nitrogen functional groups attached to an aromatic ring is 1. The fraction of sp³-hybridized carbons (Fsp3) is 0.583. The highest BCUT2D eigenvalue weighted by atomic mass is 79.9. The van der Waals surface area contributed by atoms with Crippen molar-refractivity contribution in [2.24, 2.45) is 0 Å². The summed E-state index contributed by atoms with van der Waals surface area (Å²) in [6.07, 6.45) is 2.80. The smallest absolute Gasteiger partial charge is 0.246 e. The molecule has 0 spiro atoms. The maximum atomic E-state index is 12.6. The van der Waals surface area contributed by atoms with Crippen molar-refractivity contribution in [3.05, 3.63) is 16.9 Å². The van der Waals surface area contributed by atoms with Gasteiger partial charge in [-0.25, -0.2) is 8.42 Å². The minimum Gasteiger partial charge on any atom is -0.397 e. The highest BCUT2D eigenvalue weighted by Crippen LogP contribution is 2.28. The highest BCUT2D eigenvalue weighted by Gasteiger charge is 2.31. The lowest BCUT2D eigenvalue weighted by Gasteiger charge is -2.36. The molecule has 0 amide bonds. The molecule has 1 fully saturated rings. The topological polar surface area (TPSA) is 79.5 Å². The zero-order chi connectivity index (χ0) is 14.9. The summed E-state index contributed by atoms with van der Waals surface area (Å²) in [5.74, 6) is 0. The summed E-state index contributed by atoms with van der Waals surface area (Å²) in [5, 5.41) is 0. The Labute approximate surface area is 128 Å². The van der Waals surface area contributed by atoms with Gasteiger partial charge in [-0.1, -0.05) is 0 Å². The first kappa shape index (κ1) is 15.7. The molecule has 2 N–H and O–H groups in total. The van der Waals surface area contributed by atoms with E-state index in [-0.39, 0.29) is 10.6 Å². The molecule has 1 aromatic rings. The van der Waals surface area contributed by atoms with E-state index >= 15 is 0 Å². The molecule has 0 radical (unpaired) electrons. The van der Waals surface area contributed by atoms with E-state index in [2.05, 4.69) is 39.7 Å². The first-order valence-electron chi connectivity index (χ1n) is 6.47. The van der Waals surface area contributed by atoms with Crippen LogP contribution in [0.25, 0.3) is 0 Å². The Bertz CT molecular complexity index is 583. The number of nitrogens with zero attached hydrogens (tertiary/aromatic N) is 3. The Morgan fingerprint density at radius 3 is 2.40 bits per heavy atom. The molecule has 1 aliphatic heterocycles. The number of nitrogens with two attached hydrogens (primary N) is 1. The van der Waals surface area contributed by atoms with Crippen LogP contribution in [0.4, 0.5) is 5.69 Å². The molecule has 112 valence electrons. The summed E-state index contributed by atoms with van der Waals surface area (Å²) >= 11 is 3.21. The molecule has 0 aliphatic carbocycles. The first-order chi connectivity index (χ1) is 9.34. The maximum Gasteiger partial charge on any atom is 0.246 e. The number of anilines is 1. The number of pyridine rings is 1. The molecule has 0 aromatic carbocycles. The van der Waals surface area contributed by atoms with Crippen molar-refractivity contribution in [1.82, 2.24) is 14.2 Å². The summed E-state index contributed by atoms with van der Waals surface area (Å²) < 4.78 is 27.2. The van der Waals surface area contributed by atoms with Crippen molar-refractivity contribution in [3.8, 4) is 0 Å². The lowest BCUT2D eigenvalue weighted by atomic mass is 10.3. The van der Waals surface area contributed by atoms with E-state index in [4.69, 9.17) is 5.73 Å². The molecule has 8 heteroatoms. The normalized spacial score (nSPS) is 18.6. The van der Waals surface area contributed by atoms with Gasteiger partial charge in [-0.3, -0.25) is 9.88 Å². The van der Waals surface area contributed by atoms with Gasteiger partial charge in [0.15, 0.2) is 0 Å². The molecule has 0 atom stereocenters. The van der Waals surface area contributed by atoms with Crippen molar-refractivity contribution in [3.63, 3.8) is 0 Å². The van der Waals surface area contributed by atoms with Crippen molar-refractivity contribution >= 4 is 31.6 Å². The zero-order valence-corrected chi connectivity index (χ0v) is 14.0. The van der Waals surface area contributed by atoms with Crippen LogP contribution in [0, 0.1) is 0 Å². The molecule has 0 saturated carbocycles. The van der Waals surface area contributed by atoms with Crippen molar-refractivity contribution in [2.45, 2.75) is 24.8 Å². The van der Waals surface area contributed by atoms with Crippen LogP contribution in [0.1, 0.15) is 13.8 Å². The molecule has 0 bridgehead atoms. The predicted molar refractivity (Wildman–Crippen MR) is 81.8 cm³/mol. The van der Waals surface area contributed by atoms with Gasteiger partial charge in [0.25, 0.3) is 0 Å². The van der Waals surface area contributed by atoms with Crippen LogP contribution in [-0.4, -0.2) is 54.8 Å². The van der Waals surface area contributed by atoms with Gasteiger partial charge in [0, 0.05) is 44.6 Å². The minimum atomic E-state index is -3.58. The summed E-state index contributed by atoms with van der Waals surface area (Å²) in [6.45, 7) is 6.65. The average Bonchev–Trinajstić information content (AvgIpc) is 2.41. The highest BCUT2D eigenvalue weighted by molar-refractivity contribution is 9.10. The van der Waals surface area contributed by atoms with Crippen LogP contribution in [0.15, 0.2) is 21.8 Å². The second-order valence-corrected chi connectivity index (χ2v) is 7.83. The molecule has 2 rings (SSSR count). The van der Waals surface area contributed by atoms with Gasteiger partial charge in [0.2, 0.25) is 10.0 Å². The average molecular weight is 363 g/mol. The minimum absolute atomic E-state index is 0.0740. The van der Waals surface area contributed by atoms with Crippen molar-refractivity contribution in [2.75, 3.05) is 31.9 Å². The van der Waals surface area contributed by atoms with Gasteiger partial charge in [-0.15, -0.1) is 0 Å². The van der Waals surface area contributed by atoms with Crippen molar-refractivity contribution in [1.29, 1.82) is 0 Å². The number of piperazine rings is 1. The van der Waals surface area contributed by atoms with Gasteiger partial charge in [-0.2, -0.15) is 4.31 Å². The van der Waals surface area contributed by atoms with Crippen LogP contribution in [-0.2, 0) is 10.0 Å². The van der Waals surface area contributed by atoms with Crippen LogP contribution in [0.2, 0.25) is 0 Å². The van der Waals surface area contributed by atoms with Crippen LogP contribution >= 0.6 is 15.9 Å². The third-order valence-corrected chi connectivity index (χ3v) is 6.08. The largest absolute Gasteiger partial charge is 0.397 e. The molecule has 2 heterocycles. The number of halogens is 1. The van der Waals surface area contributed by atoms with Gasteiger partial charge in [-0.05, 0) is 29.8 Å². The van der Waals surface area contributed by atoms with E-state index in [9.17, 15) is 8.42 Å². The standard InChI is InChI=1S/C12H19BrN4O2S/c1-9(2)16-3-5-17(6-4-16)20(18,19)11-8-15-7-10(13)12(11)14/h7-9H,3-6H2,1-2H3,(H2,14,15). The van der Waals surface area contributed by atoms with E-state index in [1.54, 1.807) is 0 Å². The summed E-state index contributed by atoms with van der Waals surface area (Å²) in [7, 11) is -3.58. The lowest BCUT2D eigenvalue weighted by molar-refractivity contribution is 0.154. The van der Waals surface area contributed by atoms with Gasteiger partial charge < -0.3 is 5.73 Å². The van der Waals surface area contributed by atoms with Gasteiger partial charge >= 0.3 is 0 Å². The Balaban J connectivity index is 2.22. The second-order valence-electron chi connectivity index (χ2n) is 5.07. The second kappa shape index (κ2) is 5.97. The summed E-state index contributed by atoms with van der Waals surface area (Å²) in [4.78, 5) is 6.24. The number of hydrogen-bond acceptors (Lipinski definition) is 5. The number of aromatic nitrogens is 1. The zero-order valence-electron chi connectivity index (χ0n) is 11.6.